The number of hydrogen-bond donors (Lipinski definition) is 1. The van der Waals surface area contributed by atoms with Gasteiger partial charge < -0.3 is 9.84 Å². The molecule has 6 heteroatoms. The quantitative estimate of drug-likeness (QED) is 0.637. The van der Waals surface area contributed by atoms with Gasteiger partial charge in [-0.15, -0.1) is 0 Å². The van der Waals surface area contributed by atoms with Crippen molar-refractivity contribution in [1.29, 1.82) is 5.26 Å². The molecule has 30 heavy (non-hydrogen) atoms. The zero-order chi connectivity index (χ0) is 21.8. The molecule has 3 rings (SSSR count). The van der Waals surface area contributed by atoms with Crippen LogP contribution in [-0.2, 0) is 13.0 Å². The Bertz CT molecular complexity index is 1200. The Morgan fingerprint density at radius 1 is 1.17 bits per heavy atom. The molecular weight excluding hydrogens is 380 g/mol. The topological polar surface area (TPSA) is 92.3 Å². The summed E-state index contributed by atoms with van der Waals surface area (Å²) in [5.74, 6) is -0.133. The number of ketones is 1. The fourth-order valence-electron chi connectivity index (χ4n) is 3.39. The van der Waals surface area contributed by atoms with Crippen LogP contribution in [0.3, 0.4) is 0 Å². The smallest absolute Gasteiger partial charge is 0.271 e. The Kier molecular flexibility index (Phi) is 6.03. The molecule has 1 aromatic heterocycles. The predicted octanol–water partition coefficient (Wildman–Crippen LogP) is 3.52. The van der Waals surface area contributed by atoms with E-state index < -0.39 is 17.2 Å². The number of methoxy groups -OCH3 is 1. The third kappa shape index (κ3) is 3.96. The highest BCUT2D eigenvalue weighted by molar-refractivity contribution is 6.11. The number of pyridine rings is 1. The highest BCUT2D eigenvalue weighted by Crippen LogP contribution is 2.25. The number of nitriles is 1. The summed E-state index contributed by atoms with van der Waals surface area (Å²) in [5.41, 5.74) is 1.62. The predicted molar refractivity (Wildman–Crippen MR) is 113 cm³/mol. The molecule has 0 fully saturated rings. The molecule has 1 heterocycles. The van der Waals surface area contributed by atoms with Crippen LogP contribution in [0.2, 0.25) is 0 Å². The SMILES string of the molecule is COc1ccc(CCn2c(O)c(C(=O)c3cccc(C)c3)c(C)c(C#N)c2=O)cc1. The standard InChI is InChI=1S/C24H22N2O4/c1-15-5-4-6-18(13-15)22(27)21-16(2)20(14-25)23(28)26(24(21)29)12-11-17-7-9-19(30-3)10-8-17/h4-10,13,29H,11-12H2,1-3H3. The van der Waals surface area contributed by atoms with Gasteiger partial charge in [0.2, 0.25) is 5.88 Å². The number of ether oxygens (including phenoxy) is 1. The molecule has 0 saturated heterocycles. The Labute approximate surface area is 174 Å². The molecule has 152 valence electrons. The number of carbonyl (C=O) groups excluding carboxylic acids is 1. The second-order valence-electron chi connectivity index (χ2n) is 7.06. The lowest BCUT2D eigenvalue weighted by Gasteiger charge is -2.16. The number of nitrogens with zero attached hydrogens (tertiary/aromatic N) is 2. The van der Waals surface area contributed by atoms with Crippen molar-refractivity contribution >= 4 is 5.78 Å². The average Bonchev–Trinajstić information content (AvgIpc) is 2.74. The van der Waals surface area contributed by atoms with Gasteiger partial charge in [0.25, 0.3) is 5.56 Å². The summed E-state index contributed by atoms with van der Waals surface area (Å²) in [6.07, 6.45) is 0.434. The maximum atomic E-state index is 13.1. The van der Waals surface area contributed by atoms with Crippen LogP contribution in [0.25, 0.3) is 0 Å². The first-order valence-corrected chi connectivity index (χ1v) is 9.48. The zero-order valence-corrected chi connectivity index (χ0v) is 17.1. The molecule has 6 nitrogen and oxygen atoms in total. The van der Waals surface area contributed by atoms with Crippen molar-refractivity contribution in [3.63, 3.8) is 0 Å². The van der Waals surface area contributed by atoms with Gasteiger partial charge in [-0.2, -0.15) is 5.26 Å². The van der Waals surface area contributed by atoms with Gasteiger partial charge in [-0.1, -0.05) is 35.9 Å². The van der Waals surface area contributed by atoms with Crippen LogP contribution in [0.4, 0.5) is 0 Å². The van der Waals surface area contributed by atoms with Gasteiger partial charge in [0, 0.05) is 12.1 Å². The van der Waals surface area contributed by atoms with Gasteiger partial charge in [0.05, 0.1) is 12.7 Å². The largest absolute Gasteiger partial charge is 0.497 e. The Morgan fingerprint density at radius 2 is 1.87 bits per heavy atom. The Hall–Kier alpha value is -3.85. The molecule has 0 aliphatic heterocycles. The molecular formula is C24H22N2O4. The lowest BCUT2D eigenvalue weighted by molar-refractivity contribution is 0.103. The second kappa shape index (κ2) is 8.66. The molecule has 0 radical (unpaired) electrons. The molecule has 0 amide bonds. The fourth-order valence-corrected chi connectivity index (χ4v) is 3.39. The minimum atomic E-state index is -0.609. The molecule has 0 saturated carbocycles. The normalized spacial score (nSPS) is 10.5. The van der Waals surface area contributed by atoms with E-state index in [0.29, 0.717) is 17.7 Å². The van der Waals surface area contributed by atoms with Crippen molar-refractivity contribution in [1.82, 2.24) is 4.57 Å². The van der Waals surface area contributed by atoms with Crippen LogP contribution in [-0.4, -0.2) is 22.6 Å². The van der Waals surface area contributed by atoms with Crippen molar-refractivity contribution in [2.45, 2.75) is 26.8 Å². The van der Waals surface area contributed by atoms with Crippen molar-refractivity contribution in [2.75, 3.05) is 7.11 Å². The van der Waals surface area contributed by atoms with E-state index >= 15 is 0 Å². The van der Waals surface area contributed by atoms with Crippen LogP contribution in [0, 0.1) is 25.2 Å². The van der Waals surface area contributed by atoms with Crippen LogP contribution in [0.1, 0.15) is 38.2 Å². The van der Waals surface area contributed by atoms with Crippen LogP contribution in [0.5, 0.6) is 11.6 Å². The van der Waals surface area contributed by atoms with Crippen LogP contribution < -0.4 is 10.3 Å². The molecule has 0 spiro atoms. The number of aryl methyl sites for hydroxylation is 2. The fraction of sp³-hybridized carbons (Fsp3) is 0.208. The second-order valence-corrected chi connectivity index (χ2v) is 7.06. The minimum absolute atomic E-state index is 0.0218. The Morgan fingerprint density at radius 3 is 2.47 bits per heavy atom. The maximum absolute atomic E-state index is 13.1. The highest BCUT2D eigenvalue weighted by atomic mass is 16.5. The minimum Gasteiger partial charge on any atom is -0.497 e. The van der Waals surface area contributed by atoms with Gasteiger partial charge in [-0.05, 0) is 49.6 Å². The molecule has 1 N–H and O–H groups in total. The lowest BCUT2D eigenvalue weighted by atomic mass is 9.96. The van der Waals surface area contributed by atoms with E-state index in [1.165, 1.54) is 6.92 Å². The number of aromatic hydroxyl groups is 1. The average molecular weight is 402 g/mol. The number of hydrogen-bond acceptors (Lipinski definition) is 5. The van der Waals surface area contributed by atoms with E-state index in [1.807, 2.05) is 31.2 Å². The van der Waals surface area contributed by atoms with Crippen molar-refractivity contribution < 1.29 is 14.6 Å². The summed E-state index contributed by atoms with van der Waals surface area (Å²) < 4.78 is 6.23. The van der Waals surface area contributed by atoms with E-state index in [9.17, 15) is 20.0 Å². The number of aromatic nitrogens is 1. The summed E-state index contributed by atoms with van der Waals surface area (Å²) in [7, 11) is 1.58. The Balaban J connectivity index is 2.05. The van der Waals surface area contributed by atoms with Crippen LogP contribution >= 0.6 is 0 Å². The van der Waals surface area contributed by atoms with Gasteiger partial charge in [-0.3, -0.25) is 14.2 Å². The summed E-state index contributed by atoms with van der Waals surface area (Å²) in [5, 5.41) is 20.4. The van der Waals surface area contributed by atoms with Crippen LogP contribution in [0.15, 0.2) is 53.3 Å². The van der Waals surface area contributed by atoms with E-state index in [2.05, 4.69) is 0 Å². The maximum Gasteiger partial charge on any atom is 0.271 e. The molecule has 0 unspecified atom stereocenters. The van der Waals surface area contributed by atoms with Crippen molar-refractivity contribution in [2.24, 2.45) is 0 Å². The van der Waals surface area contributed by atoms with E-state index in [-0.39, 0.29) is 23.2 Å². The third-order valence-corrected chi connectivity index (χ3v) is 5.09. The molecule has 0 bridgehead atoms. The number of benzene rings is 2. The van der Waals surface area contributed by atoms with Gasteiger partial charge >= 0.3 is 0 Å². The number of carbonyl (C=O) groups is 1. The van der Waals surface area contributed by atoms with Gasteiger partial charge in [-0.25, -0.2) is 0 Å². The summed E-state index contributed by atoms with van der Waals surface area (Å²) >= 11 is 0. The molecule has 0 atom stereocenters. The third-order valence-electron chi connectivity index (χ3n) is 5.09. The summed E-state index contributed by atoms with van der Waals surface area (Å²) in [4.78, 5) is 25.9. The van der Waals surface area contributed by atoms with E-state index in [1.54, 1.807) is 37.4 Å². The zero-order valence-electron chi connectivity index (χ0n) is 17.1. The van der Waals surface area contributed by atoms with Gasteiger partial charge in [0.15, 0.2) is 5.78 Å². The van der Waals surface area contributed by atoms with E-state index in [4.69, 9.17) is 4.74 Å². The molecule has 0 aliphatic carbocycles. The van der Waals surface area contributed by atoms with E-state index in [0.717, 1.165) is 15.7 Å². The monoisotopic (exact) mass is 402 g/mol. The lowest BCUT2D eigenvalue weighted by Crippen LogP contribution is -2.27. The summed E-state index contributed by atoms with van der Waals surface area (Å²) in [6.45, 7) is 3.50. The highest BCUT2D eigenvalue weighted by Gasteiger charge is 2.24. The van der Waals surface area contributed by atoms with Crippen molar-refractivity contribution in [3.8, 4) is 17.7 Å². The molecule has 0 aliphatic rings. The van der Waals surface area contributed by atoms with Crippen molar-refractivity contribution in [3.05, 3.63) is 92.3 Å². The first-order valence-electron chi connectivity index (χ1n) is 9.48. The summed E-state index contributed by atoms with van der Waals surface area (Å²) in [6, 6.07) is 16.2. The first-order chi connectivity index (χ1) is 14.4. The number of rotatable bonds is 6. The first kappa shape index (κ1) is 20.9. The molecule has 3 aromatic rings. The van der Waals surface area contributed by atoms with Gasteiger partial charge in [0.1, 0.15) is 17.4 Å². The molecule has 2 aromatic carbocycles.